The van der Waals surface area contributed by atoms with Crippen LogP contribution in [0.15, 0.2) is 40.8 Å². The van der Waals surface area contributed by atoms with Gasteiger partial charge in [-0.1, -0.05) is 0 Å². The molecule has 0 radical (unpaired) electrons. The van der Waals surface area contributed by atoms with Crippen LogP contribution in [0.4, 0.5) is 5.69 Å². The number of anilines is 1. The number of hydrogen-bond acceptors (Lipinski definition) is 4. The topological polar surface area (TPSA) is 77.5 Å². The van der Waals surface area contributed by atoms with Crippen molar-refractivity contribution in [2.75, 3.05) is 18.9 Å². The van der Waals surface area contributed by atoms with E-state index in [0.717, 1.165) is 5.75 Å². The Bertz CT molecular complexity index is 546. The van der Waals surface area contributed by atoms with E-state index in [1.54, 1.807) is 43.3 Å². The van der Waals surface area contributed by atoms with Crippen molar-refractivity contribution in [2.24, 2.45) is 0 Å². The van der Waals surface area contributed by atoms with Crippen LogP contribution in [-0.4, -0.2) is 19.1 Å². The molecule has 1 aromatic carbocycles. The summed E-state index contributed by atoms with van der Waals surface area (Å²) in [5, 5.41) is 2.71. The largest absolute Gasteiger partial charge is 0.492 e. The third-order valence-electron chi connectivity index (χ3n) is 2.50. The van der Waals surface area contributed by atoms with Crippen molar-refractivity contribution in [3.8, 4) is 5.75 Å². The maximum absolute atomic E-state index is 11.6. The van der Waals surface area contributed by atoms with Crippen LogP contribution in [0.5, 0.6) is 5.75 Å². The molecule has 3 N–H and O–H groups in total. The molecular weight excluding hydrogens is 244 g/mol. The van der Waals surface area contributed by atoms with Crippen LogP contribution in [0.1, 0.15) is 16.3 Å². The molecule has 0 atom stereocenters. The van der Waals surface area contributed by atoms with Gasteiger partial charge in [-0.2, -0.15) is 0 Å². The highest BCUT2D eigenvalue weighted by atomic mass is 16.5. The van der Waals surface area contributed by atoms with E-state index in [9.17, 15) is 4.79 Å². The molecule has 0 saturated heterocycles. The van der Waals surface area contributed by atoms with E-state index < -0.39 is 0 Å². The highest BCUT2D eigenvalue weighted by Gasteiger charge is 2.08. The molecule has 19 heavy (non-hydrogen) atoms. The van der Waals surface area contributed by atoms with Crippen molar-refractivity contribution in [3.63, 3.8) is 0 Å². The number of carbonyl (C=O) groups excluding carboxylic acids is 1. The third kappa shape index (κ3) is 3.77. The van der Waals surface area contributed by atoms with E-state index in [0.29, 0.717) is 30.4 Å². The second-order valence-corrected chi connectivity index (χ2v) is 4.08. The van der Waals surface area contributed by atoms with Gasteiger partial charge < -0.3 is 20.2 Å². The predicted octanol–water partition coefficient (Wildman–Crippen LogP) is 1.98. The number of amides is 1. The molecule has 1 heterocycles. The molecule has 100 valence electrons. The van der Waals surface area contributed by atoms with Gasteiger partial charge in [-0.25, -0.2) is 0 Å². The minimum atomic E-state index is -0.242. The molecule has 0 aliphatic heterocycles. The van der Waals surface area contributed by atoms with Gasteiger partial charge in [0.05, 0.1) is 6.54 Å². The number of benzene rings is 1. The first-order valence-corrected chi connectivity index (χ1v) is 5.98. The summed E-state index contributed by atoms with van der Waals surface area (Å²) < 4.78 is 10.7. The number of rotatable bonds is 5. The molecule has 0 unspecified atom stereocenters. The number of hydrogen-bond donors (Lipinski definition) is 2. The van der Waals surface area contributed by atoms with Crippen molar-refractivity contribution in [1.29, 1.82) is 0 Å². The first kappa shape index (κ1) is 13.0. The summed E-state index contributed by atoms with van der Waals surface area (Å²) in [7, 11) is 0. The summed E-state index contributed by atoms with van der Waals surface area (Å²) in [6.07, 6.45) is 0. The number of nitrogens with one attached hydrogen (secondary N) is 1. The summed E-state index contributed by atoms with van der Waals surface area (Å²) >= 11 is 0. The first-order valence-electron chi connectivity index (χ1n) is 5.98. The number of carbonyl (C=O) groups is 1. The zero-order valence-corrected chi connectivity index (χ0v) is 10.7. The van der Waals surface area contributed by atoms with Gasteiger partial charge in [0.15, 0.2) is 5.76 Å². The zero-order chi connectivity index (χ0) is 13.7. The summed E-state index contributed by atoms with van der Waals surface area (Å²) in [5.41, 5.74) is 6.25. The van der Waals surface area contributed by atoms with E-state index in [1.807, 2.05) is 0 Å². The summed E-state index contributed by atoms with van der Waals surface area (Å²) in [5.74, 6) is 1.50. The van der Waals surface area contributed by atoms with Gasteiger partial charge in [0.25, 0.3) is 5.91 Å². The van der Waals surface area contributed by atoms with E-state index >= 15 is 0 Å². The van der Waals surface area contributed by atoms with Crippen molar-refractivity contribution in [2.45, 2.75) is 6.92 Å². The monoisotopic (exact) mass is 260 g/mol. The maximum Gasteiger partial charge on any atom is 0.287 e. The van der Waals surface area contributed by atoms with Crippen molar-refractivity contribution in [3.05, 3.63) is 47.9 Å². The lowest BCUT2D eigenvalue weighted by Gasteiger charge is -2.07. The summed E-state index contributed by atoms with van der Waals surface area (Å²) in [4.78, 5) is 11.6. The van der Waals surface area contributed by atoms with Crippen LogP contribution >= 0.6 is 0 Å². The van der Waals surface area contributed by atoms with E-state index in [2.05, 4.69) is 5.32 Å². The van der Waals surface area contributed by atoms with Crippen molar-refractivity contribution in [1.82, 2.24) is 5.32 Å². The maximum atomic E-state index is 11.6. The number of nitrogens with two attached hydrogens (primary N) is 1. The van der Waals surface area contributed by atoms with Crippen LogP contribution in [0.25, 0.3) is 0 Å². The molecule has 0 aliphatic rings. The molecule has 0 bridgehead atoms. The Morgan fingerprint density at radius 1 is 1.26 bits per heavy atom. The molecule has 0 aliphatic carbocycles. The smallest absolute Gasteiger partial charge is 0.287 e. The Morgan fingerprint density at radius 2 is 2.00 bits per heavy atom. The molecule has 2 rings (SSSR count). The lowest BCUT2D eigenvalue weighted by Crippen LogP contribution is -2.27. The Morgan fingerprint density at radius 3 is 2.63 bits per heavy atom. The average molecular weight is 260 g/mol. The average Bonchev–Trinajstić information content (AvgIpc) is 2.83. The van der Waals surface area contributed by atoms with Gasteiger partial charge >= 0.3 is 0 Å². The number of nitrogen functional groups attached to an aromatic ring is 1. The van der Waals surface area contributed by atoms with E-state index in [4.69, 9.17) is 14.9 Å². The fourth-order valence-electron chi connectivity index (χ4n) is 1.54. The SMILES string of the molecule is Cc1ccc(C(=O)NCCOc2ccc(N)cc2)o1. The van der Waals surface area contributed by atoms with Gasteiger partial charge in [-0.05, 0) is 43.3 Å². The van der Waals surface area contributed by atoms with Crippen molar-refractivity contribution < 1.29 is 13.9 Å². The van der Waals surface area contributed by atoms with Crippen LogP contribution in [-0.2, 0) is 0 Å². The van der Waals surface area contributed by atoms with Crippen molar-refractivity contribution >= 4 is 11.6 Å². The standard InChI is InChI=1S/C14H16N2O3/c1-10-2-7-13(19-10)14(17)16-8-9-18-12-5-3-11(15)4-6-12/h2-7H,8-9,15H2,1H3,(H,16,17). The quantitative estimate of drug-likeness (QED) is 0.636. The van der Waals surface area contributed by atoms with E-state index in [-0.39, 0.29) is 5.91 Å². The normalized spacial score (nSPS) is 10.2. The second-order valence-electron chi connectivity index (χ2n) is 4.08. The van der Waals surface area contributed by atoms with Crippen LogP contribution in [0, 0.1) is 6.92 Å². The molecule has 1 aromatic heterocycles. The summed E-state index contributed by atoms with van der Waals surface area (Å²) in [6, 6.07) is 10.5. The molecule has 1 amide bonds. The Hall–Kier alpha value is -2.43. The van der Waals surface area contributed by atoms with Gasteiger partial charge in [0.2, 0.25) is 0 Å². The lowest BCUT2D eigenvalue weighted by atomic mass is 10.3. The van der Waals surface area contributed by atoms with E-state index in [1.165, 1.54) is 0 Å². The van der Waals surface area contributed by atoms with Gasteiger partial charge in [-0.15, -0.1) is 0 Å². The predicted molar refractivity (Wildman–Crippen MR) is 72.1 cm³/mol. The Labute approximate surface area is 111 Å². The fraction of sp³-hybridized carbons (Fsp3) is 0.214. The molecule has 5 heteroatoms. The van der Waals surface area contributed by atoms with Crippen LogP contribution < -0.4 is 15.8 Å². The highest BCUT2D eigenvalue weighted by Crippen LogP contribution is 2.12. The van der Waals surface area contributed by atoms with Crippen LogP contribution in [0.3, 0.4) is 0 Å². The Balaban J connectivity index is 1.72. The number of aryl methyl sites for hydroxylation is 1. The first-order chi connectivity index (χ1) is 9.15. The minimum absolute atomic E-state index is 0.242. The van der Waals surface area contributed by atoms with Gasteiger partial charge in [-0.3, -0.25) is 4.79 Å². The highest BCUT2D eigenvalue weighted by molar-refractivity contribution is 5.91. The molecule has 0 fully saturated rings. The summed E-state index contributed by atoms with van der Waals surface area (Å²) in [6.45, 7) is 2.58. The minimum Gasteiger partial charge on any atom is -0.492 e. The fourth-order valence-corrected chi connectivity index (χ4v) is 1.54. The zero-order valence-electron chi connectivity index (χ0n) is 10.7. The second kappa shape index (κ2) is 5.95. The molecule has 2 aromatic rings. The molecular formula is C14H16N2O3. The molecule has 5 nitrogen and oxygen atoms in total. The third-order valence-corrected chi connectivity index (χ3v) is 2.50. The number of furan rings is 1. The number of ether oxygens (including phenoxy) is 1. The van der Waals surface area contributed by atoms with Gasteiger partial charge in [0, 0.05) is 5.69 Å². The lowest BCUT2D eigenvalue weighted by molar-refractivity contribution is 0.0918. The van der Waals surface area contributed by atoms with Crippen LogP contribution in [0.2, 0.25) is 0 Å². The molecule has 0 spiro atoms. The Kier molecular flexibility index (Phi) is 4.07. The van der Waals surface area contributed by atoms with Gasteiger partial charge in [0.1, 0.15) is 18.1 Å². The molecule has 0 saturated carbocycles.